The molecule has 0 fully saturated rings. The standard InChI is InChI=1S/C18H22N2O3S2/c1-12(2)20(3)25(22,23)15-9-7-14(8-10-15)19-18(21)17-11-13-5-4-6-16(13)24-17/h7-12H,4-6H2,1-3H3,(H,19,21). The number of thiophene rings is 1. The minimum atomic E-state index is -3.51. The van der Waals surface area contributed by atoms with Gasteiger partial charge in [0, 0.05) is 23.7 Å². The van der Waals surface area contributed by atoms with E-state index >= 15 is 0 Å². The lowest BCUT2D eigenvalue weighted by Crippen LogP contribution is -2.33. The van der Waals surface area contributed by atoms with Crippen molar-refractivity contribution in [1.82, 2.24) is 4.31 Å². The number of carbonyl (C=O) groups excluding carboxylic acids is 1. The van der Waals surface area contributed by atoms with Crippen molar-refractivity contribution in [2.24, 2.45) is 0 Å². The first-order chi connectivity index (χ1) is 11.8. The Balaban J connectivity index is 1.73. The van der Waals surface area contributed by atoms with Crippen molar-refractivity contribution in [1.29, 1.82) is 0 Å². The fourth-order valence-electron chi connectivity index (χ4n) is 2.79. The lowest BCUT2D eigenvalue weighted by Gasteiger charge is -2.21. The molecule has 0 spiro atoms. The lowest BCUT2D eigenvalue weighted by molar-refractivity contribution is 0.103. The summed E-state index contributed by atoms with van der Waals surface area (Å²) in [6, 6.07) is 8.15. The summed E-state index contributed by atoms with van der Waals surface area (Å²) in [5, 5.41) is 2.84. The van der Waals surface area contributed by atoms with Gasteiger partial charge in [0.25, 0.3) is 5.91 Å². The number of hydrogen-bond acceptors (Lipinski definition) is 4. The van der Waals surface area contributed by atoms with Crippen LogP contribution in [-0.4, -0.2) is 31.7 Å². The number of nitrogens with zero attached hydrogens (tertiary/aromatic N) is 1. The lowest BCUT2D eigenvalue weighted by atomic mass is 10.2. The van der Waals surface area contributed by atoms with Gasteiger partial charge in [-0.3, -0.25) is 4.79 Å². The maximum Gasteiger partial charge on any atom is 0.265 e. The van der Waals surface area contributed by atoms with Gasteiger partial charge < -0.3 is 5.32 Å². The van der Waals surface area contributed by atoms with Crippen LogP contribution in [-0.2, 0) is 22.9 Å². The highest BCUT2D eigenvalue weighted by Crippen LogP contribution is 2.31. The molecule has 5 nitrogen and oxygen atoms in total. The van der Waals surface area contributed by atoms with Crippen LogP contribution in [0.25, 0.3) is 0 Å². The van der Waals surface area contributed by atoms with Gasteiger partial charge in [-0.2, -0.15) is 4.31 Å². The van der Waals surface area contributed by atoms with Gasteiger partial charge in [-0.15, -0.1) is 11.3 Å². The smallest absolute Gasteiger partial charge is 0.265 e. The summed E-state index contributed by atoms with van der Waals surface area (Å²) in [4.78, 5) is 14.6. The van der Waals surface area contributed by atoms with E-state index in [0.717, 1.165) is 12.8 Å². The fourth-order valence-corrected chi connectivity index (χ4v) is 5.30. The Hall–Kier alpha value is -1.70. The van der Waals surface area contributed by atoms with Crippen LogP contribution < -0.4 is 5.32 Å². The van der Waals surface area contributed by atoms with E-state index in [9.17, 15) is 13.2 Å². The number of rotatable bonds is 5. The highest BCUT2D eigenvalue weighted by Gasteiger charge is 2.23. The molecule has 0 bridgehead atoms. The summed E-state index contributed by atoms with van der Waals surface area (Å²) in [7, 11) is -1.95. The minimum Gasteiger partial charge on any atom is -0.321 e. The SMILES string of the molecule is CC(C)N(C)S(=O)(=O)c1ccc(NC(=O)c2cc3c(s2)CCC3)cc1. The van der Waals surface area contributed by atoms with Gasteiger partial charge in [0.05, 0.1) is 9.77 Å². The molecule has 134 valence electrons. The Bertz CT molecular complexity index is 862. The monoisotopic (exact) mass is 378 g/mol. The molecule has 0 unspecified atom stereocenters. The summed E-state index contributed by atoms with van der Waals surface area (Å²) in [5.41, 5.74) is 1.87. The van der Waals surface area contributed by atoms with E-state index < -0.39 is 10.0 Å². The van der Waals surface area contributed by atoms with Crippen LogP contribution >= 0.6 is 11.3 Å². The summed E-state index contributed by atoms with van der Waals surface area (Å²) in [6.45, 7) is 3.65. The Morgan fingerprint density at radius 3 is 2.48 bits per heavy atom. The van der Waals surface area contributed by atoms with E-state index in [1.54, 1.807) is 30.5 Å². The van der Waals surface area contributed by atoms with Crippen molar-refractivity contribution in [3.05, 3.63) is 45.6 Å². The molecule has 25 heavy (non-hydrogen) atoms. The van der Waals surface area contributed by atoms with Crippen molar-refractivity contribution < 1.29 is 13.2 Å². The molecule has 1 aliphatic carbocycles. The first-order valence-corrected chi connectivity index (χ1v) is 10.6. The molecule has 0 radical (unpaired) electrons. The van der Waals surface area contributed by atoms with Gasteiger partial charge in [-0.25, -0.2) is 8.42 Å². The molecular weight excluding hydrogens is 356 g/mol. The molecule has 3 rings (SSSR count). The largest absolute Gasteiger partial charge is 0.321 e. The summed E-state index contributed by atoms with van der Waals surface area (Å²) in [5.74, 6) is -0.144. The van der Waals surface area contributed by atoms with E-state index in [4.69, 9.17) is 0 Å². The predicted octanol–water partition coefficient (Wildman–Crippen LogP) is 3.52. The van der Waals surface area contributed by atoms with Gasteiger partial charge in [0.15, 0.2) is 0 Å². The van der Waals surface area contributed by atoms with Gasteiger partial charge in [0.2, 0.25) is 10.0 Å². The van der Waals surface area contributed by atoms with Crippen molar-refractivity contribution >= 4 is 33.0 Å². The third-order valence-electron chi connectivity index (χ3n) is 4.49. The topological polar surface area (TPSA) is 66.5 Å². The number of fused-ring (bicyclic) bond motifs is 1. The fraction of sp³-hybridized carbons (Fsp3) is 0.389. The summed E-state index contributed by atoms with van der Waals surface area (Å²) >= 11 is 1.55. The molecule has 1 aromatic carbocycles. The van der Waals surface area contributed by atoms with Crippen LogP contribution in [0.3, 0.4) is 0 Å². The maximum absolute atomic E-state index is 12.4. The zero-order valence-electron chi connectivity index (χ0n) is 14.6. The Morgan fingerprint density at radius 1 is 1.20 bits per heavy atom. The second kappa shape index (κ2) is 6.90. The van der Waals surface area contributed by atoms with E-state index in [0.29, 0.717) is 10.6 Å². The first kappa shape index (κ1) is 18.1. The van der Waals surface area contributed by atoms with E-state index in [1.165, 1.54) is 33.3 Å². The summed E-state index contributed by atoms with van der Waals surface area (Å²) < 4.78 is 26.2. The number of nitrogens with one attached hydrogen (secondary N) is 1. The molecule has 1 aromatic heterocycles. The van der Waals surface area contributed by atoms with Crippen molar-refractivity contribution in [2.45, 2.75) is 44.0 Å². The first-order valence-electron chi connectivity index (χ1n) is 8.30. The molecule has 7 heteroatoms. The third kappa shape index (κ3) is 3.63. The number of sulfonamides is 1. The van der Waals surface area contributed by atoms with Gasteiger partial charge in [-0.05, 0) is 69.0 Å². The maximum atomic E-state index is 12.4. The average molecular weight is 379 g/mol. The van der Waals surface area contributed by atoms with Gasteiger partial charge in [0.1, 0.15) is 0 Å². The molecule has 1 amide bonds. The molecule has 2 aromatic rings. The van der Waals surface area contributed by atoms with Crippen LogP contribution in [0, 0.1) is 0 Å². The van der Waals surface area contributed by atoms with E-state index in [2.05, 4.69) is 5.32 Å². The number of anilines is 1. The summed E-state index contributed by atoms with van der Waals surface area (Å²) in [6.07, 6.45) is 3.28. The second-order valence-corrected chi connectivity index (χ2v) is 9.64. The molecule has 0 saturated heterocycles. The van der Waals surface area contributed by atoms with Crippen LogP contribution in [0.15, 0.2) is 35.2 Å². The molecule has 1 heterocycles. The quantitative estimate of drug-likeness (QED) is 0.866. The number of carbonyl (C=O) groups is 1. The van der Waals surface area contributed by atoms with Crippen molar-refractivity contribution in [3.63, 3.8) is 0 Å². The Morgan fingerprint density at radius 2 is 1.88 bits per heavy atom. The van der Waals surface area contributed by atoms with Crippen molar-refractivity contribution in [3.8, 4) is 0 Å². The average Bonchev–Trinajstić information content (AvgIpc) is 3.16. The molecule has 1 N–H and O–H groups in total. The molecule has 0 aliphatic heterocycles. The number of benzene rings is 1. The van der Waals surface area contributed by atoms with Crippen LogP contribution in [0.1, 0.15) is 40.4 Å². The van der Waals surface area contributed by atoms with Crippen LogP contribution in [0.4, 0.5) is 5.69 Å². The normalized spacial score (nSPS) is 14.1. The molecule has 1 aliphatic rings. The predicted molar refractivity (Wildman–Crippen MR) is 101 cm³/mol. The van der Waals surface area contributed by atoms with Crippen molar-refractivity contribution in [2.75, 3.05) is 12.4 Å². The Kier molecular flexibility index (Phi) is 4.99. The number of hydrogen-bond donors (Lipinski definition) is 1. The number of aryl methyl sites for hydroxylation is 2. The van der Waals surface area contributed by atoms with Gasteiger partial charge in [-0.1, -0.05) is 0 Å². The van der Waals surface area contributed by atoms with Crippen LogP contribution in [0.5, 0.6) is 0 Å². The molecular formula is C18H22N2O3S2. The van der Waals surface area contributed by atoms with E-state index in [1.807, 2.05) is 19.9 Å². The van der Waals surface area contributed by atoms with Crippen LogP contribution in [0.2, 0.25) is 0 Å². The second-order valence-electron chi connectivity index (χ2n) is 6.51. The molecule has 0 saturated carbocycles. The highest BCUT2D eigenvalue weighted by molar-refractivity contribution is 7.89. The Labute approximate surface area is 152 Å². The minimum absolute atomic E-state index is 0.120. The zero-order valence-corrected chi connectivity index (χ0v) is 16.2. The van der Waals surface area contributed by atoms with Gasteiger partial charge >= 0.3 is 0 Å². The molecule has 0 atom stereocenters. The third-order valence-corrected chi connectivity index (χ3v) is 7.77. The zero-order chi connectivity index (χ0) is 18.2. The number of amides is 1. The van der Waals surface area contributed by atoms with E-state index in [-0.39, 0.29) is 16.8 Å². The highest BCUT2D eigenvalue weighted by atomic mass is 32.2.